The van der Waals surface area contributed by atoms with Crippen molar-refractivity contribution >= 4 is 0 Å². The Bertz CT molecular complexity index is 387. The molecule has 0 aliphatic heterocycles. The van der Waals surface area contributed by atoms with Crippen LogP contribution in [-0.4, -0.2) is 30.0 Å². The molecular formula is C16H31N3O. The molecule has 0 aromatic carbocycles. The van der Waals surface area contributed by atoms with Crippen LogP contribution in [0.2, 0.25) is 0 Å². The molecule has 0 aliphatic rings. The van der Waals surface area contributed by atoms with Gasteiger partial charge in [0.15, 0.2) is 0 Å². The zero-order valence-electron chi connectivity index (χ0n) is 13.8. The summed E-state index contributed by atoms with van der Waals surface area (Å²) in [6.07, 6.45) is 4.43. The van der Waals surface area contributed by atoms with Crippen LogP contribution in [0.25, 0.3) is 0 Å². The Morgan fingerprint density at radius 3 is 2.55 bits per heavy atom. The Morgan fingerprint density at radius 1 is 1.25 bits per heavy atom. The van der Waals surface area contributed by atoms with Crippen molar-refractivity contribution in [3.63, 3.8) is 0 Å². The lowest BCUT2D eigenvalue weighted by atomic mass is 10.1. The van der Waals surface area contributed by atoms with Gasteiger partial charge >= 0.3 is 0 Å². The lowest BCUT2D eigenvalue weighted by Gasteiger charge is -2.15. The van der Waals surface area contributed by atoms with Gasteiger partial charge in [-0.15, -0.1) is 0 Å². The van der Waals surface area contributed by atoms with E-state index < -0.39 is 0 Å². The summed E-state index contributed by atoms with van der Waals surface area (Å²) in [6, 6.07) is 0.493. The van der Waals surface area contributed by atoms with E-state index in [1.807, 2.05) is 0 Å². The fourth-order valence-electron chi connectivity index (χ4n) is 2.71. The first-order chi connectivity index (χ1) is 9.69. The number of rotatable bonds is 10. The largest absolute Gasteiger partial charge is 0.383 e. The normalized spacial score (nSPS) is 12.8. The summed E-state index contributed by atoms with van der Waals surface area (Å²) >= 11 is 0. The Morgan fingerprint density at radius 2 is 2.00 bits per heavy atom. The summed E-state index contributed by atoms with van der Waals surface area (Å²) in [7, 11) is 1.74. The lowest BCUT2D eigenvalue weighted by Crippen LogP contribution is -2.20. The van der Waals surface area contributed by atoms with Crippen LogP contribution in [-0.2, 0) is 24.1 Å². The molecule has 0 spiro atoms. The predicted molar refractivity (Wildman–Crippen MR) is 84.2 cm³/mol. The molecule has 1 heterocycles. The SMILES string of the molecule is CCCC(C)n1nc(CC)c(CNCCOC)c1CC. The minimum absolute atomic E-state index is 0.493. The minimum atomic E-state index is 0.493. The van der Waals surface area contributed by atoms with Crippen LogP contribution >= 0.6 is 0 Å². The Balaban J connectivity index is 2.89. The number of aromatic nitrogens is 2. The van der Waals surface area contributed by atoms with E-state index in [0.717, 1.165) is 32.5 Å². The Kier molecular flexibility index (Phi) is 7.85. The topological polar surface area (TPSA) is 39.1 Å². The fraction of sp³-hybridized carbons (Fsp3) is 0.812. The summed E-state index contributed by atoms with van der Waals surface area (Å²) in [4.78, 5) is 0. The summed E-state index contributed by atoms with van der Waals surface area (Å²) < 4.78 is 7.34. The van der Waals surface area contributed by atoms with Crippen LogP contribution in [0.1, 0.15) is 63.5 Å². The lowest BCUT2D eigenvalue weighted by molar-refractivity contribution is 0.199. The zero-order valence-corrected chi connectivity index (χ0v) is 13.8. The number of hydrogen-bond donors (Lipinski definition) is 1. The maximum Gasteiger partial charge on any atom is 0.0669 e. The molecule has 1 atom stereocenters. The van der Waals surface area contributed by atoms with Crippen LogP contribution in [0.5, 0.6) is 0 Å². The maximum absolute atomic E-state index is 5.08. The van der Waals surface area contributed by atoms with Crippen LogP contribution in [0.3, 0.4) is 0 Å². The van der Waals surface area contributed by atoms with Crippen LogP contribution in [0.15, 0.2) is 0 Å². The third-order valence-electron chi connectivity index (χ3n) is 3.78. The summed E-state index contributed by atoms with van der Waals surface area (Å²) in [5, 5.41) is 8.32. The standard InChI is InChI=1S/C16H31N3O/c1-6-9-13(4)19-16(8-3)14(15(7-2)18-19)12-17-10-11-20-5/h13,17H,6-12H2,1-5H3. The molecule has 0 aliphatic carbocycles. The van der Waals surface area contributed by atoms with Crippen molar-refractivity contribution in [2.45, 2.75) is 66.0 Å². The quantitative estimate of drug-likeness (QED) is 0.670. The van der Waals surface area contributed by atoms with E-state index in [0.29, 0.717) is 6.04 Å². The molecule has 20 heavy (non-hydrogen) atoms. The van der Waals surface area contributed by atoms with Crippen molar-refractivity contribution in [3.8, 4) is 0 Å². The van der Waals surface area contributed by atoms with E-state index >= 15 is 0 Å². The van der Waals surface area contributed by atoms with E-state index in [4.69, 9.17) is 9.84 Å². The van der Waals surface area contributed by atoms with E-state index in [2.05, 4.69) is 37.7 Å². The van der Waals surface area contributed by atoms with E-state index in [-0.39, 0.29) is 0 Å². The first kappa shape index (κ1) is 17.2. The molecule has 4 nitrogen and oxygen atoms in total. The van der Waals surface area contributed by atoms with E-state index in [1.54, 1.807) is 7.11 Å². The molecule has 0 saturated heterocycles. The summed E-state index contributed by atoms with van der Waals surface area (Å²) in [5.74, 6) is 0. The van der Waals surface area contributed by atoms with Gasteiger partial charge in [-0.05, 0) is 26.2 Å². The first-order valence-corrected chi connectivity index (χ1v) is 7.98. The van der Waals surface area contributed by atoms with Crippen LogP contribution < -0.4 is 5.32 Å². The van der Waals surface area contributed by atoms with Crippen molar-refractivity contribution in [1.82, 2.24) is 15.1 Å². The Labute approximate surface area is 123 Å². The molecule has 0 saturated carbocycles. The van der Waals surface area contributed by atoms with Gasteiger partial charge in [0.1, 0.15) is 0 Å². The highest BCUT2D eigenvalue weighted by Gasteiger charge is 2.18. The second-order valence-electron chi connectivity index (χ2n) is 5.33. The third-order valence-corrected chi connectivity index (χ3v) is 3.78. The molecule has 1 aromatic rings. The molecular weight excluding hydrogens is 250 g/mol. The van der Waals surface area contributed by atoms with E-state index in [1.165, 1.54) is 29.8 Å². The first-order valence-electron chi connectivity index (χ1n) is 7.98. The molecule has 1 unspecified atom stereocenters. The Hall–Kier alpha value is -0.870. The van der Waals surface area contributed by atoms with Gasteiger partial charge in [0.05, 0.1) is 12.3 Å². The molecule has 0 amide bonds. The minimum Gasteiger partial charge on any atom is -0.383 e. The molecule has 4 heteroatoms. The second-order valence-corrected chi connectivity index (χ2v) is 5.33. The number of ether oxygens (including phenoxy) is 1. The monoisotopic (exact) mass is 281 g/mol. The predicted octanol–water partition coefficient (Wildman–Crippen LogP) is 3.11. The fourth-order valence-corrected chi connectivity index (χ4v) is 2.71. The molecule has 1 N–H and O–H groups in total. The van der Waals surface area contributed by atoms with Crippen molar-refractivity contribution in [2.24, 2.45) is 0 Å². The molecule has 1 rings (SSSR count). The highest BCUT2D eigenvalue weighted by atomic mass is 16.5. The second kappa shape index (κ2) is 9.14. The third kappa shape index (κ3) is 4.32. The zero-order chi connectivity index (χ0) is 15.0. The van der Waals surface area contributed by atoms with Gasteiger partial charge in [0, 0.05) is 37.5 Å². The molecule has 1 aromatic heterocycles. The number of nitrogens with zero attached hydrogens (tertiary/aromatic N) is 2. The number of hydrogen-bond acceptors (Lipinski definition) is 3. The molecule has 0 radical (unpaired) electrons. The highest BCUT2D eigenvalue weighted by molar-refractivity contribution is 5.27. The van der Waals surface area contributed by atoms with Gasteiger partial charge in [0.2, 0.25) is 0 Å². The van der Waals surface area contributed by atoms with E-state index in [9.17, 15) is 0 Å². The number of methoxy groups -OCH3 is 1. The molecule has 0 fully saturated rings. The summed E-state index contributed by atoms with van der Waals surface area (Å²) in [5.41, 5.74) is 4.04. The highest BCUT2D eigenvalue weighted by Crippen LogP contribution is 2.22. The van der Waals surface area contributed by atoms with Crippen molar-refractivity contribution in [2.75, 3.05) is 20.3 Å². The average molecular weight is 281 g/mol. The van der Waals surface area contributed by atoms with Gasteiger partial charge in [-0.3, -0.25) is 4.68 Å². The van der Waals surface area contributed by atoms with Gasteiger partial charge in [-0.1, -0.05) is 27.2 Å². The van der Waals surface area contributed by atoms with Crippen molar-refractivity contribution in [1.29, 1.82) is 0 Å². The van der Waals surface area contributed by atoms with Gasteiger partial charge in [-0.25, -0.2) is 0 Å². The molecule has 116 valence electrons. The van der Waals surface area contributed by atoms with Gasteiger partial charge < -0.3 is 10.1 Å². The smallest absolute Gasteiger partial charge is 0.0669 e. The maximum atomic E-state index is 5.08. The number of nitrogens with one attached hydrogen (secondary N) is 1. The van der Waals surface area contributed by atoms with Crippen molar-refractivity contribution < 1.29 is 4.74 Å². The average Bonchev–Trinajstić information content (AvgIpc) is 2.81. The van der Waals surface area contributed by atoms with Gasteiger partial charge in [-0.2, -0.15) is 5.10 Å². The number of aryl methyl sites for hydroxylation is 1. The van der Waals surface area contributed by atoms with Crippen LogP contribution in [0.4, 0.5) is 0 Å². The summed E-state index contributed by atoms with van der Waals surface area (Å²) in [6.45, 7) is 11.5. The van der Waals surface area contributed by atoms with Gasteiger partial charge in [0.25, 0.3) is 0 Å². The van der Waals surface area contributed by atoms with Crippen LogP contribution in [0, 0.1) is 0 Å². The van der Waals surface area contributed by atoms with Crippen molar-refractivity contribution in [3.05, 3.63) is 17.0 Å². The molecule has 0 bridgehead atoms.